The van der Waals surface area contributed by atoms with Gasteiger partial charge in [0.1, 0.15) is 17.8 Å². The third-order valence-corrected chi connectivity index (χ3v) is 7.62. The van der Waals surface area contributed by atoms with E-state index >= 15 is 0 Å². The van der Waals surface area contributed by atoms with Crippen molar-refractivity contribution in [2.75, 3.05) is 57.8 Å². The van der Waals surface area contributed by atoms with Crippen LogP contribution >= 0.6 is 0 Å². The number of methoxy groups -OCH3 is 2. The van der Waals surface area contributed by atoms with Gasteiger partial charge in [0.2, 0.25) is 0 Å². The molecule has 3 aromatic rings. The summed E-state index contributed by atoms with van der Waals surface area (Å²) >= 11 is 0. The zero-order chi connectivity index (χ0) is 33.8. The molecule has 2 unspecified atom stereocenters. The van der Waals surface area contributed by atoms with Gasteiger partial charge in [-0.2, -0.15) is 0 Å². The Kier molecular flexibility index (Phi) is 13.0. The average Bonchev–Trinajstić information content (AvgIpc) is 3.06. The first-order chi connectivity index (χ1) is 22.7. The molecule has 0 aliphatic carbocycles. The molecule has 1 aliphatic heterocycles. The highest BCUT2D eigenvalue weighted by Gasteiger charge is 2.26. The molecule has 12 heteroatoms. The highest BCUT2D eigenvalue weighted by Crippen LogP contribution is 2.30. The van der Waals surface area contributed by atoms with E-state index in [0.29, 0.717) is 60.5 Å². The van der Waals surface area contributed by atoms with E-state index in [0.717, 1.165) is 11.1 Å². The van der Waals surface area contributed by atoms with E-state index in [4.69, 9.17) is 23.7 Å². The standard InChI is InChI=1S/C35H44N4O8/c1-6-46-34(41)26-12-14-30(32(21-26)44-5)47-24(3)36-33(39-15-17-45-18-16-39)22-27(40)19-25-11-13-29(31(20-25)43-4)38-35(42)37-28-10-8-7-9-23(28)2/h7-14,20-21,24,33,36H,6,15-19,22H2,1-5H3,(H2,37,38,42). The van der Waals surface area contributed by atoms with Crippen molar-refractivity contribution in [2.45, 2.75) is 46.0 Å². The molecular weight excluding hydrogens is 604 g/mol. The molecule has 2 amide bonds. The maximum atomic E-state index is 13.4. The molecule has 3 aromatic carbocycles. The molecular formula is C35H44N4O8. The summed E-state index contributed by atoms with van der Waals surface area (Å²) in [5.41, 5.74) is 3.26. The molecule has 0 bridgehead atoms. The number of rotatable bonds is 15. The minimum Gasteiger partial charge on any atom is -0.495 e. The van der Waals surface area contributed by atoms with Crippen molar-refractivity contribution in [3.63, 3.8) is 0 Å². The lowest BCUT2D eigenvalue weighted by atomic mass is 10.0. The molecule has 0 aromatic heterocycles. The first-order valence-corrected chi connectivity index (χ1v) is 15.6. The lowest BCUT2D eigenvalue weighted by Gasteiger charge is -2.36. The number of hydrogen-bond donors (Lipinski definition) is 3. The van der Waals surface area contributed by atoms with Crippen LogP contribution < -0.4 is 30.2 Å². The zero-order valence-corrected chi connectivity index (χ0v) is 27.6. The van der Waals surface area contributed by atoms with Gasteiger partial charge in [-0.3, -0.25) is 15.0 Å². The summed E-state index contributed by atoms with van der Waals surface area (Å²) in [7, 11) is 3.02. The van der Waals surface area contributed by atoms with Crippen molar-refractivity contribution < 1.29 is 38.1 Å². The Bertz CT molecular complexity index is 1530. The fraction of sp³-hybridized carbons (Fsp3) is 0.400. The normalized spacial score (nSPS) is 14.4. The molecule has 2 atom stereocenters. The van der Waals surface area contributed by atoms with E-state index in [1.165, 1.54) is 14.2 Å². The Hall–Kier alpha value is -4.65. The second-order valence-corrected chi connectivity index (χ2v) is 11.0. The average molecular weight is 649 g/mol. The smallest absolute Gasteiger partial charge is 0.338 e. The number of urea groups is 1. The Morgan fingerprint density at radius 1 is 0.894 bits per heavy atom. The van der Waals surface area contributed by atoms with Gasteiger partial charge < -0.3 is 34.3 Å². The largest absolute Gasteiger partial charge is 0.495 e. The molecule has 3 N–H and O–H groups in total. The molecule has 252 valence electrons. The number of morpholine rings is 1. The topological polar surface area (TPSA) is 137 Å². The Balaban J connectivity index is 1.40. The van der Waals surface area contributed by atoms with Gasteiger partial charge in [-0.05, 0) is 68.3 Å². The Labute approximate surface area is 275 Å². The van der Waals surface area contributed by atoms with Crippen LogP contribution in [0.2, 0.25) is 0 Å². The van der Waals surface area contributed by atoms with Crippen molar-refractivity contribution >= 4 is 29.2 Å². The van der Waals surface area contributed by atoms with Crippen molar-refractivity contribution in [1.82, 2.24) is 10.2 Å². The minimum atomic E-state index is -0.505. The van der Waals surface area contributed by atoms with Gasteiger partial charge in [0, 0.05) is 31.6 Å². The Morgan fingerprint density at radius 2 is 1.62 bits per heavy atom. The second-order valence-electron chi connectivity index (χ2n) is 11.0. The Morgan fingerprint density at radius 3 is 2.32 bits per heavy atom. The number of esters is 1. The van der Waals surface area contributed by atoms with E-state index in [1.807, 2.05) is 38.1 Å². The monoisotopic (exact) mass is 648 g/mol. The number of para-hydroxylation sites is 1. The maximum absolute atomic E-state index is 13.4. The number of ether oxygens (including phenoxy) is 5. The van der Waals surface area contributed by atoms with Crippen molar-refractivity contribution in [3.05, 3.63) is 77.4 Å². The molecule has 1 fully saturated rings. The quantitative estimate of drug-likeness (QED) is 0.152. The first-order valence-electron chi connectivity index (χ1n) is 15.6. The lowest BCUT2D eigenvalue weighted by Crippen LogP contribution is -2.54. The summed E-state index contributed by atoms with van der Waals surface area (Å²) in [6, 6.07) is 17.3. The molecule has 0 radical (unpaired) electrons. The maximum Gasteiger partial charge on any atom is 0.338 e. The van der Waals surface area contributed by atoms with E-state index in [1.54, 1.807) is 43.3 Å². The number of nitrogens with one attached hydrogen (secondary N) is 3. The van der Waals surface area contributed by atoms with Gasteiger partial charge in [0.25, 0.3) is 0 Å². The summed E-state index contributed by atoms with van der Waals surface area (Å²) in [6.07, 6.45) is -0.436. The summed E-state index contributed by atoms with van der Waals surface area (Å²) in [5, 5.41) is 9.10. The SMILES string of the molecule is CCOC(=O)c1ccc(OC(C)NC(CC(=O)Cc2ccc(NC(=O)Nc3ccccc3C)c(OC)c2)N2CCOCC2)c(OC)c1. The number of aryl methyl sites for hydroxylation is 1. The van der Waals surface area contributed by atoms with Crippen LogP contribution in [0, 0.1) is 6.92 Å². The van der Waals surface area contributed by atoms with Crippen LogP contribution in [-0.4, -0.2) is 82.2 Å². The zero-order valence-electron chi connectivity index (χ0n) is 27.6. The molecule has 0 spiro atoms. The molecule has 1 heterocycles. The van der Waals surface area contributed by atoms with E-state index < -0.39 is 18.2 Å². The van der Waals surface area contributed by atoms with Gasteiger partial charge >= 0.3 is 12.0 Å². The molecule has 1 aliphatic rings. The fourth-order valence-corrected chi connectivity index (χ4v) is 5.24. The second kappa shape index (κ2) is 17.3. The molecule has 47 heavy (non-hydrogen) atoms. The fourth-order valence-electron chi connectivity index (χ4n) is 5.24. The number of benzene rings is 3. The number of Topliss-reactive ketones (excluding diaryl/α,β-unsaturated/α-hetero) is 1. The van der Waals surface area contributed by atoms with Gasteiger partial charge in [-0.25, -0.2) is 9.59 Å². The molecule has 0 saturated carbocycles. The summed E-state index contributed by atoms with van der Waals surface area (Å²) in [4.78, 5) is 40.4. The third-order valence-electron chi connectivity index (χ3n) is 7.62. The number of ketones is 1. The van der Waals surface area contributed by atoms with E-state index in [2.05, 4.69) is 20.9 Å². The van der Waals surface area contributed by atoms with Crippen molar-refractivity contribution in [2.24, 2.45) is 0 Å². The van der Waals surface area contributed by atoms with Gasteiger partial charge in [-0.15, -0.1) is 0 Å². The van der Waals surface area contributed by atoms with Gasteiger partial charge in [0.15, 0.2) is 11.5 Å². The first kappa shape index (κ1) is 35.2. The highest BCUT2D eigenvalue weighted by molar-refractivity contribution is 6.01. The number of nitrogens with zero attached hydrogens (tertiary/aromatic N) is 1. The predicted octanol–water partition coefficient (Wildman–Crippen LogP) is 5.01. The molecule has 1 saturated heterocycles. The highest BCUT2D eigenvalue weighted by atomic mass is 16.5. The van der Waals surface area contributed by atoms with Gasteiger partial charge in [0.05, 0.1) is 51.5 Å². The number of carbonyl (C=O) groups excluding carboxylic acids is 3. The summed E-state index contributed by atoms with van der Waals surface area (Å²) < 4.78 is 27.8. The van der Waals surface area contributed by atoms with Crippen molar-refractivity contribution in [1.29, 1.82) is 0 Å². The number of carbonyl (C=O) groups is 3. The third kappa shape index (κ3) is 10.2. The minimum absolute atomic E-state index is 0.0117. The van der Waals surface area contributed by atoms with Crippen LogP contribution in [0.4, 0.5) is 16.2 Å². The molecule has 4 rings (SSSR count). The van der Waals surface area contributed by atoms with Crippen LogP contribution in [-0.2, 0) is 20.7 Å². The molecule has 12 nitrogen and oxygen atoms in total. The van der Waals surface area contributed by atoms with Crippen molar-refractivity contribution in [3.8, 4) is 17.2 Å². The van der Waals surface area contributed by atoms with Gasteiger partial charge in [-0.1, -0.05) is 24.3 Å². The number of anilines is 2. The summed E-state index contributed by atoms with van der Waals surface area (Å²) in [6.45, 7) is 8.23. The van der Waals surface area contributed by atoms with Crippen LogP contribution in [0.25, 0.3) is 0 Å². The number of hydrogen-bond acceptors (Lipinski definition) is 10. The van der Waals surface area contributed by atoms with E-state index in [9.17, 15) is 14.4 Å². The van der Waals surface area contributed by atoms with Crippen LogP contribution in [0.1, 0.15) is 41.8 Å². The van der Waals surface area contributed by atoms with E-state index in [-0.39, 0.29) is 31.4 Å². The van der Waals surface area contributed by atoms with Crippen LogP contribution in [0.3, 0.4) is 0 Å². The van der Waals surface area contributed by atoms with Crippen LogP contribution in [0.5, 0.6) is 17.2 Å². The predicted molar refractivity (Wildman–Crippen MR) is 178 cm³/mol. The lowest BCUT2D eigenvalue weighted by molar-refractivity contribution is -0.121. The summed E-state index contributed by atoms with van der Waals surface area (Å²) in [5.74, 6) is 0.853. The number of amides is 2. The van der Waals surface area contributed by atoms with Crippen LogP contribution in [0.15, 0.2) is 60.7 Å².